The van der Waals surface area contributed by atoms with E-state index < -0.39 is 12.0 Å². The Labute approximate surface area is 216 Å². The van der Waals surface area contributed by atoms with Gasteiger partial charge in [-0.2, -0.15) is 0 Å². The zero-order chi connectivity index (χ0) is 26.2. The lowest BCUT2D eigenvalue weighted by atomic mass is 9.91. The van der Waals surface area contributed by atoms with Crippen LogP contribution in [-0.2, 0) is 14.3 Å². The van der Waals surface area contributed by atoms with Crippen molar-refractivity contribution in [3.05, 3.63) is 66.4 Å². The molecule has 4 rings (SSSR count). The highest BCUT2D eigenvalue weighted by atomic mass is 16.5. The van der Waals surface area contributed by atoms with Crippen molar-refractivity contribution in [1.82, 2.24) is 15.2 Å². The number of carbonyl (C=O) groups is 2. The van der Waals surface area contributed by atoms with Gasteiger partial charge in [-0.15, -0.1) is 0 Å². The summed E-state index contributed by atoms with van der Waals surface area (Å²) in [6, 6.07) is 16.4. The fourth-order valence-corrected chi connectivity index (χ4v) is 4.78. The van der Waals surface area contributed by atoms with Crippen LogP contribution in [0.5, 0.6) is 5.75 Å². The molecule has 0 aliphatic carbocycles. The number of aliphatic hydroxyl groups is 1. The number of hydrogen-bond donors (Lipinski definition) is 3. The van der Waals surface area contributed by atoms with Gasteiger partial charge >= 0.3 is 5.97 Å². The number of hydrogen-bond acceptors (Lipinski definition) is 8. The zero-order valence-electron chi connectivity index (χ0n) is 21.2. The van der Waals surface area contributed by atoms with Crippen LogP contribution in [0, 0.1) is 5.92 Å². The average Bonchev–Trinajstić information content (AvgIpc) is 2.92. The summed E-state index contributed by atoms with van der Waals surface area (Å²) in [5.74, 6) is -0.243. The molecule has 9 heteroatoms. The van der Waals surface area contributed by atoms with E-state index in [1.54, 1.807) is 20.2 Å². The minimum absolute atomic E-state index is 0.0862. The molecule has 0 bridgehead atoms. The van der Waals surface area contributed by atoms with E-state index in [0.717, 1.165) is 22.2 Å². The molecule has 1 aliphatic rings. The van der Waals surface area contributed by atoms with Gasteiger partial charge in [-0.3, -0.25) is 19.5 Å². The molecule has 3 N–H and O–H groups in total. The maximum absolute atomic E-state index is 12.8. The third-order valence-electron chi connectivity index (χ3n) is 6.64. The van der Waals surface area contributed by atoms with Crippen LogP contribution < -0.4 is 15.4 Å². The molecule has 1 amide bonds. The monoisotopic (exact) mass is 506 g/mol. The van der Waals surface area contributed by atoms with Crippen molar-refractivity contribution in [2.24, 2.45) is 5.92 Å². The summed E-state index contributed by atoms with van der Waals surface area (Å²) in [4.78, 5) is 31.7. The van der Waals surface area contributed by atoms with Crippen molar-refractivity contribution in [2.75, 3.05) is 45.2 Å². The van der Waals surface area contributed by atoms with Gasteiger partial charge in [0.2, 0.25) is 5.91 Å². The Bertz CT molecular complexity index is 1210. The van der Waals surface area contributed by atoms with Crippen molar-refractivity contribution >= 4 is 28.5 Å². The number of anilines is 1. The summed E-state index contributed by atoms with van der Waals surface area (Å²) in [5, 5.41) is 18.1. The van der Waals surface area contributed by atoms with Crippen LogP contribution in [0.25, 0.3) is 10.9 Å². The quantitative estimate of drug-likeness (QED) is 0.360. The molecule has 196 valence electrons. The summed E-state index contributed by atoms with van der Waals surface area (Å²) in [6.45, 7) is 3.58. The topological polar surface area (TPSA) is 113 Å². The fraction of sp³-hybridized carbons (Fsp3) is 0.393. The van der Waals surface area contributed by atoms with Crippen molar-refractivity contribution in [1.29, 1.82) is 0 Å². The number of carbonyl (C=O) groups excluding carboxylic acids is 2. The second kappa shape index (κ2) is 12.6. The summed E-state index contributed by atoms with van der Waals surface area (Å²) < 4.78 is 10.7. The van der Waals surface area contributed by atoms with Gasteiger partial charge in [0.15, 0.2) is 0 Å². The number of pyridine rings is 1. The number of methoxy groups -OCH3 is 1. The molecule has 2 aromatic carbocycles. The molecule has 3 atom stereocenters. The molecule has 1 fully saturated rings. The van der Waals surface area contributed by atoms with Crippen LogP contribution >= 0.6 is 0 Å². The Hall–Kier alpha value is -3.53. The van der Waals surface area contributed by atoms with Crippen molar-refractivity contribution in [3.63, 3.8) is 0 Å². The molecule has 9 nitrogen and oxygen atoms in total. The van der Waals surface area contributed by atoms with Crippen LogP contribution in [-0.4, -0.2) is 72.8 Å². The van der Waals surface area contributed by atoms with Gasteiger partial charge < -0.3 is 25.2 Å². The number of amides is 1. The van der Waals surface area contributed by atoms with Crippen molar-refractivity contribution < 1.29 is 24.2 Å². The van der Waals surface area contributed by atoms with E-state index in [9.17, 15) is 14.7 Å². The molecule has 0 saturated carbocycles. The van der Waals surface area contributed by atoms with E-state index in [2.05, 4.69) is 20.5 Å². The predicted octanol–water partition coefficient (Wildman–Crippen LogP) is 2.76. The van der Waals surface area contributed by atoms with Gasteiger partial charge in [-0.25, -0.2) is 0 Å². The van der Waals surface area contributed by atoms with Crippen LogP contribution in [0.4, 0.5) is 5.69 Å². The molecule has 1 aromatic heterocycles. The Morgan fingerprint density at radius 2 is 2.00 bits per heavy atom. The minimum atomic E-state index is -0.776. The number of piperidine rings is 1. The van der Waals surface area contributed by atoms with E-state index in [0.29, 0.717) is 31.8 Å². The van der Waals surface area contributed by atoms with Crippen molar-refractivity contribution in [2.45, 2.75) is 25.5 Å². The SMILES string of the molecule is CCOC(=O)C1CN(C[C@H](O)c2ccnc3ccc(OC)cc23)CCC1NCC(=O)Nc1ccccc1. The number of β-amino-alcohol motifs (C(OH)–C–C–N with tert-alkyl or cyclic N) is 1. The number of aliphatic hydroxyl groups excluding tert-OH is 1. The largest absolute Gasteiger partial charge is 0.497 e. The first-order valence-corrected chi connectivity index (χ1v) is 12.6. The summed E-state index contributed by atoms with van der Waals surface area (Å²) >= 11 is 0. The summed E-state index contributed by atoms with van der Waals surface area (Å²) in [7, 11) is 1.60. The molecule has 1 aliphatic heterocycles. The van der Waals surface area contributed by atoms with Crippen LogP contribution in [0.15, 0.2) is 60.8 Å². The number of para-hydroxylation sites is 1. The molecule has 2 heterocycles. The first-order chi connectivity index (χ1) is 18.0. The number of ether oxygens (including phenoxy) is 2. The Morgan fingerprint density at radius 3 is 2.76 bits per heavy atom. The molecular formula is C28H34N4O5. The van der Waals surface area contributed by atoms with Crippen molar-refractivity contribution in [3.8, 4) is 5.75 Å². The molecule has 3 aromatic rings. The maximum Gasteiger partial charge on any atom is 0.311 e. The first kappa shape index (κ1) is 26.5. The smallest absolute Gasteiger partial charge is 0.311 e. The van der Waals surface area contributed by atoms with Gasteiger partial charge in [0, 0.05) is 36.4 Å². The highest BCUT2D eigenvalue weighted by Gasteiger charge is 2.36. The van der Waals surface area contributed by atoms with E-state index in [-0.39, 0.29) is 31.1 Å². The molecule has 1 saturated heterocycles. The number of likely N-dealkylation sites (tertiary alicyclic amines) is 1. The Balaban J connectivity index is 1.40. The second-order valence-electron chi connectivity index (χ2n) is 9.11. The molecule has 0 radical (unpaired) electrons. The molecule has 2 unspecified atom stereocenters. The van der Waals surface area contributed by atoms with E-state index in [1.807, 2.05) is 54.6 Å². The van der Waals surface area contributed by atoms with Gasteiger partial charge in [0.1, 0.15) is 5.75 Å². The van der Waals surface area contributed by atoms with Gasteiger partial charge in [-0.05, 0) is 61.9 Å². The lowest BCUT2D eigenvalue weighted by molar-refractivity contribution is -0.151. The fourth-order valence-electron chi connectivity index (χ4n) is 4.78. The van der Waals surface area contributed by atoms with Gasteiger partial charge in [-0.1, -0.05) is 18.2 Å². The number of esters is 1. The van der Waals surface area contributed by atoms with E-state index in [1.165, 1.54) is 0 Å². The highest BCUT2D eigenvalue weighted by molar-refractivity contribution is 5.92. The minimum Gasteiger partial charge on any atom is -0.497 e. The number of benzene rings is 2. The zero-order valence-corrected chi connectivity index (χ0v) is 21.2. The van der Waals surface area contributed by atoms with Crippen LogP contribution in [0.2, 0.25) is 0 Å². The van der Waals surface area contributed by atoms with Gasteiger partial charge in [0.25, 0.3) is 0 Å². The third kappa shape index (κ3) is 6.82. The standard InChI is InChI=1S/C28H34N4O5/c1-3-37-28(35)23-17-32(14-12-25(23)30-16-27(34)31-19-7-5-4-6-8-19)18-26(33)21-11-13-29-24-10-9-20(36-2)15-22(21)24/h4-11,13,15,23,25-26,30,33H,3,12,14,16-18H2,1-2H3,(H,31,34)/t23?,25?,26-/m0/s1. The summed E-state index contributed by atoms with van der Waals surface area (Å²) in [6.07, 6.45) is 1.55. The Morgan fingerprint density at radius 1 is 1.19 bits per heavy atom. The summed E-state index contributed by atoms with van der Waals surface area (Å²) in [5.41, 5.74) is 2.26. The average molecular weight is 507 g/mol. The second-order valence-corrected chi connectivity index (χ2v) is 9.11. The predicted molar refractivity (Wildman–Crippen MR) is 141 cm³/mol. The lowest BCUT2D eigenvalue weighted by Crippen LogP contribution is -2.54. The first-order valence-electron chi connectivity index (χ1n) is 12.6. The Kier molecular flexibility index (Phi) is 9.05. The number of aromatic nitrogens is 1. The normalized spacial score (nSPS) is 18.8. The van der Waals surface area contributed by atoms with E-state index in [4.69, 9.17) is 9.47 Å². The number of nitrogens with zero attached hydrogens (tertiary/aromatic N) is 2. The maximum atomic E-state index is 12.8. The highest BCUT2D eigenvalue weighted by Crippen LogP contribution is 2.28. The number of fused-ring (bicyclic) bond motifs is 1. The molecule has 0 spiro atoms. The van der Waals surface area contributed by atoms with Gasteiger partial charge in [0.05, 0.1) is 37.8 Å². The third-order valence-corrected chi connectivity index (χ3v) is 6.64. The molecule has 37 heavy (non-hydrogen) atoms. The molecular weight excluding hydrogens is 472 g/mol. The number of nitrogens with one attached hydrogen (secondary N) is 2. The number of rotatable bonds is 10. The van der Waals surface area contributed by atoms with E-state index >= 15 is 0 Å². The van der Waals surface area contributed by atoms with Crippen LogP contribution in [0.1, 0.15) is 25.0 Å². The lowest BCUT2D eigenvalue weighted by Gasteiger charge is -2.38. The van der Waals surface area contributed by atoms with Crippen LogP contribution in [0.3, 0.4) is 0 Å².